The van der Waals surface area contributed by atoms with Gasteiger partial charge in [-0.3, -0.25) is 14.4 Å². The highest BCUT2D eigenvalue weighted by Gasteiger charge is 2.38. The number of carbonyl (C=O) groups is 2. The summed E-state index contributed by atoms with van der Waals surface area (Å²) >= 11 is 0. The Kier molecular flexibility index (Phi) is 6.75. The quantitative estimate of drug-likeness (QED) is 0.284. The summed E-state index contributed by atoms with van der Waals surface area (Å²) in [6.45, 7) is 8.01. The van der Waals surface area contributed by atoms with Crippen molar-refractivity contribution in [2.24, 2.45) is 11.7 Å². The second-order valence-corrected chi connectivity index (χ2v) is 11.9. The van der Waals surface area contributed by atoms with Crippen LogP contribution in [0.2, 0.25) is 0 Å². The van der Waals surface area contributed by atoms with Crippen LogP contribution in [0.3, 0.4) is 0 Å². The smallest absolute Gasteiger partial charge is 0.257 e. The number of ether oxygens (including phenoxy) is 1. The number of aliphatic hydroxyl groups is 1. The molecule has 0 bridgehead atoms. The van der Waals surface area contributed by atoms with Crippen molar-refractivity contribution in [2.45, 2.75) is 84.2 Å². The van der Waals surface area contributed by atoms with Crippen LogP contribution in [0, 0.1) is 5.92 Å². The summed E-state index contributed by atoms with van der Waals surface area (Å²) in [6, 6.07) is 4.25. The largest absolute Gasteiger partial charge is 0.383 e. The first-order valence-corrected chi connectivity index (χ1v) is 14.5. The first-order valence-electron chi connectivity index (χ1n) is 14.5. The number of carbonyl (C=O) groups excluding carboxylic acids is 2. The topological polar surface area (TPSA) is 149 Å². The van der Waals surface area contributed by atoms with Crippen molar-refractivity contribution in [3.8, 4) is 11.4 Å². The van der Waals surface area contributed by atoms with E-state index in [-0.39, 0.29) is 36.5 Å². The number of benzene rings is 1. The molecule has 0 radical (unpaired) electrons. The fourth-order valence-corrected chi connectivity index (χ4v) is 6.39. The Morgan fingerprint density at radius 3 is 2.63 bits per heavy atom. The highest BCUT2D eigenvalue weighted by Crippen LogP contribution is 2.43. The molecule has 1 aliphatic carbocycles. The summed E-state index contributed by atoms with van der Waals surface area (Å²) in [7, 11) is 0. The zero-order chi connectivity index (χ0) is 29.2. The highest BCUT2D eigenvalue weighted by atomic mass is 16.5. The number of nitrogens with one attached hydrogen (secondary N) is 2. The zero-order valence-electron chi connectivity index (χ0n) is 24.0. The standard InChI is InChI=1S/C31H37N5O5/c1-5-31(40)14-41-13-20-21(31)11-24-27-19(12-36(24)30(20)39)17-7-6-8-18-22(9-10-23(34-27)25(17)18)35-28(37)16(4)33-29(38)26(32)15(2)3/h9-11,15-16,26,40H,5-8,12-14,32H2,1-4H3,(H,33,38)(H,35,37)/t16-,26-,31+/m0/s1. The minimum Gasteiger partial charge on any atom is -0.383 e. The first kappa shape index (κ1) is 27.6. The monoisotopic (exact) mass is 559 g/mol. The molecule has 2 amide bonds. The second-order valence-electron chi connectivity index (χ2n) is 11.9. The lowest BCUT2D eigenvalue weighted by molar-refractivity contribution is -0.127. The number of nitrogens with two attached hydrogens (primary N) is 1. The molecule has 3 aromatic rings. The lowest BCUT2D eigenvalue weighted by atomic mass is 9.85. The van der Waals surface area contributed by atoms with Crippen molar-refractivity contribution < 1.29 is 19.4 Å². The predicted molar refractivity (Wildman–Crippen MR) is 155 cm³/mol. The van der Waals surface area contributed by atoms with Crippen LogP contribution in [0.1, 0.15) is 68.4 Å². The molecule has 216 valence electrons. The van der Waals surface area contributed by atoms with Gasteiger partial charge in [0.2, 0.25) is 11.8 Å². The van der Waals surface area contributed by atoms with Crippen LogP contribution in [0.4, 0.5) is 5.69 Å². The van der Waals surface area contributed by atoms with E-state index < -0.39 is 17.7 Å². The molecule has 10 nitrogen and oxygen atoms in total. The Morgan fingerprint density at radius 1 is 1.15 bits per heavy atom. The maximum Gasteiger partial charge on any atom is 0.257 e. The molecule has 3 atom stereocenters. The third kappa shape index (κ3) is 4.36. The van der Waals surface area contributed by atoms with Gasteiger partial charge in [-0.1, -0.05) is 20.8 Å². The Labute approximate surface area is 238 Å². The van der Waals surface area contributed by atoms with Crippen LogP contribution >= 0.6 is 0 Å². The summed E-state index contributed by atoms with van der Waals surface area (Å²) in [5, 5.41) is 18.0. The molecule has 2 aliphatic heterocycles. The zero-order valence-corrected chi connectivity index (χ0v) is 24.0. The fraction of sp³-hybridized carbons (Fsp3) is 0.484. The van der Waals surface area contributed by atoms with Gasteiger partial charge in [0.05, 0.1) is 42.7 Å². The molecular formula is C31H37N5O5. The van der Waals surface area contributed by atoms with Gasteiger partial charge in [-0.2, -0.15) is 0 Å². The average Bonchev–Trinajstić information content (AvgIpc) is 3.33. The normalized spacial score (nSPS) is 20.3. The number of hydrogen-bond acceptors (Lipinski definition) is 7. The number of aryl methyl sites for hydroxylation is 2. The molecule has 6 rings (SSSR count). The van der Waals surface area contributed by atoms with E-state index >= 15 is 0 Å². The van der Waals surface area contributed by atoms with Crippen LogP contribution < -0.4 is 21.9 Å². The van der Waals surface area contributed by atoms with E-state index in [2.05, 4.69) is 10.6 Å². The first-order chi connectivity index (χ1) is 19.5. The molecule has 1 aromatic carbocycles. The molecule has 3 aliphatic rings. The summed E-state index contributed by atoms with van der Waals surface area (Å²) in [5.41, 5.74) is 11.9. The van der Waals surface area contributed by atoms with Gasteiger partial charge in [-0.15, -0.1) is 0 Å². The Morgan fingerprint density at radius 2 is 1.90 bits per heavy atom. The van der Waals surface area contributed by atoms with E-state index in [0.29, 0.717) is 29.8 Å². The summed E-state index contributed by atoms with van der Waals surface area (Å²) in [5.74, 6) is -0.715. The van der Waals surface area contributed by atoms with Crippen LogP contribution in [0.5, 0.6) is 0 Å². The van der Waals surface area contributed by atoms with Gasteiger partial charge < -0.3 is 30.8 Å². The van der Waals surface area contributed by atoms with Crippen molar-refractivity contribution in [1.29, 1.82) is 0 Å². The van der Waals surface area contributed by atoms with E-state index in [9.17, 15) is 19.5 Å². The van der Waals surface area contributed by atoms with Gasteiger partial charge in [0, 0.05) is 22.2 Å². The van der Waals surface area contributed by atoms with E-state index in [4.69, 9.17) is 15.5 Å². The van der Waals surface area contributed by atoms with Crippen molar-refractivity contribution in [1.82, 2.24) is 14.9 Å². The number of amides is 2. The van der Waals surface area contributed by atoms with Crippen LogP contribution in [0.15, 0.2) is 23.0 Å². The summed E-state index contributed by atoms with van der Waals surface area (Å²) in [4.78, 5) is 44.1. The summed E-state index contributed by atoms with van der Waals surface area (Å²) < 4.78 is 7.36. The SMILES string of the molecule is CC[C@@]1(O)COCc2c1cc1n(c2=O)Cc2c-1nc1ccc(NC(=O)[C@H](C)NC(=O)[C@@H](N)C(C)C)c3c1c2CCC3. The molecule has 5 N–H and O–H groups in total. The van der Waals surface area contributed by atoms with Crippen LogP contribution in [0.25, 0.3) is 22.3 Å². The van der Waals surface area contributed by atoms with Crippen LogP contribution in [-0.2, 0) is 45.9 Å². The average molecular weight is 560 g/mol. The van der Waals surface area contributed by atoms with Crippen molar-refractivity contribution in [2.75, 3.05) is 11.9 Å². The third-order valence-electron chi connectivity index (χ3n) is 8.99. The van der Waals surface area contributed by atoms with Crippen molar-refractivity contribution >= 4 is 28.4 Å². The second kappa shape index (κ2) is 10.0. The summed E-state index contributed by atoms with van der Waals surface area (Å²) in [6.07, 6.45) is 2.96. The van der Waals surface area contributed by atoms with Gasteiger partial charge >= 0.3 is 0 Å². The number of rotatable bonds is 6. The molecule has 0 fully saturated rings. The molecular weight excluding hydrogens is 522 g/mol. The predicted octanol–water partition coefficient (Wildman–Crippen LogP) is 2.47. The van der Waals surface area contributed by atoms with Gasteiger partial charge in [-0.25, -0.2) is 4.98 Å². The molecule has 10 heteroatoms. The molecule has 41 heavy (non-hydrogen) atoms. The van der Waals surface area contributed by atoms with E-state index in [1.807, 2.05) is 39.0 Å². The number of fused-ring (bicyclic) bond motifs is 5. The minimum absolute atomic E-state index is 0.0403. The molecule has 0 saturated carbocycles. The lowest BCUT2D eigenvalue weighted by Crippen LogP contribution is -2.50. The van der Waals surface area contributed by atoms with Gasteiger partial charge in [-0.05, 0) is 73.4 Å². The van der Waals surface area contributed by atoms with Crippen molar-refractivity contribution in [3.05, 3.63) is 56.4 Å². The Bertz CT molecular complexity index is 1660. The van der Waals surface area contributed by atoms with Crippen LogP contribution in [-0.4, -0.2) is 45.2 Å². The lowest BCUT2D eigenvalue weighted by Gasteiger charge is -2.33. The molecule has 2 aromatic heterocycles. The number of nitrogens with zero attached hydrogens (tertiary/aromatic N) is 2. The van der Waals surface area contributed by atoms with E-state index in [1.165, 1.54) is 0 Å². The fourth-order valence-electron chi connectivity index (χ4n) is 6.39. The Balaban J connectivity index is 1.38. The van der Waals surface area contributed by atoms with E-state index in [1.54, 1.807) is 11.5 Å². The van der Waals surface area contributed by atoms with Crippen molar-refractivity contribution in [3.63, 3.8) is 0 Å². The molecule has 0 unspecified atom stereocenters. The molecule has 0 saturated heterocycles. The number of hydrogen-bond donors (Lipinski definition) is 4. The maximum absolute atomic E-state index is 13.6. The minimum atomic E-state index is -1.20. The number of anilines is 1. The third-order valence-corrected chi connectivity index (χ3v) is 8.99. The maximum atomic E-state index is 13.6. The van der Waals surface area contributed by atoms with Gasteiger partial charge in [0.1, 0.15) is 11.6 Å². The van der Waals surface area contributed by atoms with Gasteiger partial charge in [0.15, 0.2) is 0 Å². The Hall–Kier alpha value is -3.60. The molecule has 0 spiro atoms. The number of pyridine rings is 2. The van der Waals surface area contributed by atoms with E-state index in [0.717, 1.165) is 58.2 Å². The molecule has 4 heterocycles. The number of aromatic nitrogens is 2. The highest BCUT2D eigenvalue weighted by molar-refractivity contribution is 6.02. The van der Waals surface area contributed by atoms with Gasteiger partial charge in [0.25, 0.3) is 5.56 Å².